The molecule has 0 aliphatic rings. The number of nitrogens with one attached hydrogen (secondary N) is 1. The van der Waals surface area contributed by atoms with Crippen molar-refractivity contribution in [3.63, 3.8) is 0 Å². The van der Waals surface area contributed by atoms with E-state index in [0.717, 1.165) is 34.5 Å². The molecule has 20 heavy (non-hydrogen) atoms. The summed E-state index contributed by atoms with van der Waals surface area (Å²) in [4.78, 5) is 0. The standard InChI is InChI=1S/C15H17BrN4/c1-3-12-15(16)14(20(4-2)19-12)10-18-13-8-6-5-7-11(13)9-17/h5-8,18H,3-4,10H2,1-2H3. The summed E-state index contributed by atoms with van der Waals surface area (Å²) in [5.41, 5.74) is 3.68. The van der Waals surface area contributed by atoms with Crippen LogP contribution >= 0.6 is 15.9 Å². The van der Waals surface area contributed by atoms with Crippen molar-refractivity contribution in [3.05, 3.63) is 45.7 Å². The Balaban J connectivity index is 2.23. The molecule has 0 atom stereocenters. The van der Waals surface area contributed by atoms with Crippen LogP contribution in [-0.4, -0.2) is 9.78 Å². The second-order valence-corrected chi connectivity index (χ2v) is 5.18. The van der Waals surface area contributed by atoms with Crippen LogP contribution in [0.15, 0.2) is 28.7 Å². The maximum absolute atomic E-state index is 9.10. The highest BCUT2D eigenvalue weighted by Gasteiger charge is 2.13. The molecule has 1 heterocycles. The van der Waals surface area contributed by atoms with Crippen molar-refractivity contribution in [3.8, 4) is 6.07 Å². The van der Waals surface area contributed by atoms with Crippen LogP contribution in [0.25, 0.3) is 0 Å². The van der Waals surface area contributed by atoms with Gasteiger partial charge < -0.3 is 5.32 Å². The van der Waals surface area contributed by atoms with Gasteiger partial charge in [0.05, 0.1) is 33.7 Å². The SMILES string of the molecule is CCc1nn(CC)c(CNc2ccccc2C#N)c1Br. The lowest BCUT2D eigenvalue weighted by Gasteiger charge is -2.10. The Kier molecular flexibility index (Phi) is 4.80. The van der Waals surface area contributed by atoms with Crippen molar-refractivity contribution >= 4 is 21.6 Å². The predicted molar refractivity (Wildman–Crippen MR) is 83.5 cm³/mol. The van der Waals surface area contributed by atoms with Gasteiger partial charge in [0.15, 0.2) is 0 Å². The van der Waals surface area contributed by atoms with Crippen molar-refractivity contribution < 1.29 is 0 Å². The van der Waals surface area contributed by atoms with Gasteiger partial charge in [-0.1, -0.05) is 19.1 Å². The highest BCUT2D eigenvalue weighted by atomic mass is 79.9. The molecule has 0 unspecified atom stereocenters. The monoisotopic (exact) mass is 332 g/mol. The van der Waals surface area contributed by atoms with E-state index in [0.29, 0.717) is 12.1 Å². The molecular formula is C15H17BrN4. The molecule has 1 N–H and O–H groups in total. The van der Waals surface area contributed by atoms with E-state index in [1.165, 1.54) is 0 Å². The molecule has 0 saturated carbocycles. The van der Waals surface area contributed by atoms with Crippen molar-refractivity contribution in [2.75, 3.05) is 5.32 Å². The molecule has 2 rings (SSSR count). The number of nitrogens with zero attached hydrogens (tertiary/aromatic N) is 3. The summed E-state index contributed by atoms with van der Waals surface area (Å²) >= 11 is 3.62. The maximum Gasteiger partial charge on any atom is 0.101 e. The number of rotatable bonds is 5. The largest absolute Gasteiger partial charge is 0.378 e. The van der Waals surface area contributed by atoms with Gasteiger partial charge >= 0.3 is 0 Å². The average molecular weight is 333 g/mol. The van der Waals surface area contributed by atoms with E-state index >= 15 is 0 Å². The zero-order valence-electron chi connectivity index (χ0n) is 11.7. The first kappa shape index (κ1) is 14.6. The number of nitriles is 1. The van der Waals surface area contributed by atoms with Crippen molar-refractivity contribution in [2.24, 2.45) is 0 Å². The van der Waals surface area contributed by atoms with Crippen molar-refractivity contribution in [2.45, 2.75) is 33.4 Å². The van der Waals surface area contributed by atoms with Crippen LogP contribution in [0.4, 0.5) is 5.69 Å². The molecule has 0 spiro atoms. The van der Waals surface area contributed by atoms with Crippen LogP contribution < -0.4 is 5.32 Å². The van der Waals surface area contributed by atoms with Gasteiger partial charge in [-0.3, -0.25) is 4.68 Å². The van der Waals surface area contributed by atoms with E-state index in [2.05, 4.69) is 46.3 Å². The maximum atomic E-state index is 9.10. The molecule has 1 aromatic carbocycles. The molecule has 0 fully saturated rings. The number of halogens is 1. The molecule has 4 nitrogen and oxygen atoms in total. The summed E-state index contributed by atoms with van der Waals surface area (Å²) in [7, 11) is 0. The first-order valence-corrected chi connectivity index (χ1v) is 7.47. The minimum absolute atomic E-state index is 0.639. The van der Waals surface area contributed by atoms with Crippen LogP contribution in [0, 0.1) is 11.3 Å². The van der Waals surface area contributed by atoms with Gasteiger partial charge in [-0.25, -0.2) is 0 Å². The number of hydrogen-bond acceptors (Lipinski definition) is 3. The summed E-state index contributed by atoms with van der Waals surface area (Å²) in [6.45, 7) is 5.64. The normalized spacial score (nSPS) is 10.3. The Bertz CT molecular complexity index is 640. The molecule has 0 aliphatic heterocycles. The predicted octanol–water partition coefficient (Wildman–Crippen LogP) is 3.71. The second-order valence-electron chi connectivity index (χ2n) is 4.39. The van der Waals surface area contributed by atoms with Crippen LogP contribution in [0.1, 0.15) is 30.8 Å². The molecule has 1 aromatic heterocycles. The van der Waals surface area contributed by atoms with Crippen LogP contribution in [0.3, 0.4) is 0 Å². The quantitative estimate of drug-likeness (QED) is 0.907. The zero-order chi connectivity index (χ0) is 14.5. The highest BCUT2D eigenvalue weighted by molar-refractivity contribution is 9.10. The zero-order valence-corrected chi connectivity index (χ0v) is 13.2. The van der Waals surface area contributed by atoms with Crippen LogP contribution in [-0.2, 0) is 19.5 Å². The average Bonchev–Trinajstić information content (AvgIpc) is 2.81. The smallest absolute Gasteiger partial charge is 0.101 e. The fourth-order valence-electron chi connectivity index (χ4n) is 2.10. The number of aromatic nitrogens is 2. The summed E-state index contributed by atoms with van der Waals surface area (Å²) in [6.07, 6.45) is 0.898. The third kappa shape index (κ3) is 2.86. The number of aryl methyl sites for hydroxylation is 2. The molecule has 0 aliphatic carbocycles. The summed E-state index contributed by atoms with van der Waals surface area (Å²) in [6, 6.07) is 9.71. The van der Waals surface area contributed by atoms with E-state index in [1.807, 2.05) is 28.9 Å². The van der Waals surface area contributed by atoms with Gasteiger partial charge in [0.2, 0.25) is 0 Å². The molecule has 0 radical (unpaired) electrons. The van der Waals surface area contributed by atoms with Gasteiger partial charge in [-0.15, -0.1) is 0 Å². The minimum Gasteiger partial charge on any atom is -0.378 e. The Hall–Kier alpha value is -1.80. The fraction of sp³-hybridized carbons (Fsp3) is 0.333. The fourth-order valence-corrected chi connectivity index (χ4v) is 2.80. The van der Waals surface area contributed by atoms with Gasteiger partial charge in [0.1, 0.15) is 6.07 Å². The second kappa shape index (κ2) is 6.58. The van der Waals surface area contributed by atoms with Gasteiger partial charge in [0, 0.05) is 6.54 Å². The lowest BCUT2D eigenvalue weighted by atomic mass is 10.2. The van der Waals surface area contributed by atoms with Gasteiger partial charge in [0.25, 0.3) is 0 Å². The van der Waals surface area contributed by atoms with E-state index in [9.17, 15) is 0 Å². The molecule has 2 aromatic rings. The van der Waals surface area contributed by atoms with E-state index in [4.69, 9.17) is 5.26 Å². The third-order valence-electron chi connectivity index (χ3n) is 3.19. The topological polar surface area (TPSA) is 53.6 Å². The Labute approximate surface area is 127 Å². The van der Waals surface area contributed by atoms with Crippen LogP contribution in [0.5, 0.6) is 0 Å². The molecule has 104 valence electrons. The minimum atomic E-state index is 0.639. The Morgan fingerprint density at radius 1 is 1.35 bits per heavy atom. The van der Waals surface area contributed by atoms with E-state index < -0.39 is 0 Å². The van der Waals surface area contributed by atoms with Crippen molar-refractivity contribution in [1.82, 2.24) is 9.78 Å². The van der Waals surface area contributed by atoms with Gasteiger partial charge in [-0.05, 0) is 41.4 Å². The third-order valence-corrected chi connectivity index (χ3v) is 4.10. The van der Waals surface area contributed by atoms with E-state index in [1.54, 1.807) is 0 Å². The number of para-hydroxylation sites is 1. The van der Waals surface area contributed by atoms with Crippen molar-refractivity contribution in [1.29, 1.82) is 5.26 Å². The van der Waals surface area contributed by atoms with Gasteiger partial charge in [-0.2, -0.15) is 10.4 Å². The molecule has 0 saturated heterocycles. The molecule has 5 heteroatoms. The Morgan fingerprint density at radius 3 is 2.75 bits per heavy atom. The van der Waals surface area contributed by atoms with Crippen LogP contribution in [0.2, 0.25) is 0 Å². The summed E-state index contributed by atoms with van der Waals surface area (Å²) in [5, 5.41) is 17.0. The number of hydrogen-bond donors (Lipinski definition) is 1. The lowest BCUT2D eigenvalue weighted by molar-refractivity contribution is 0.619. The first-order valence-electron chi connectivity index (χ1n) is 6.68. The number of anilines is 1. The van der Waals surface area contributed by atoms with E-state index in [-0.39, 0.29) is 0 Å². The number of benzene rings is 1. The summed E-state index contributed by atoms with van der Waals surface area (Å²) in [5.74, 6) is 0. The Morgan fingerprint density at radius 2 is 2.10 bits per heavy atom. The molecular weight excluding hydrogens is 316 g/mol. The first-order chi connectivity index (χ1) is 9.71. The lowest BCUT2D eigenvalue weighted by Crippen LogP contribution is -2.09. The molecule has 0 bridgehead atoms. The highest BCUT2D eigenvalue weighted by Crippen LogP contribution is 2.24. The summed E-state index contributed by atoms with van der Waals surface area (Å²) < 4.78 is 3.05. The molecule has 0 amide bonds.